The van der Waals surface area contributed by atoms with Gasteiger partial charge in [-0.3, -0.25) is 9.69 Å². The van der Waals surface area contributed by atoms with Crippen molar-refractivity contribution in [3.05, 3.63) is 66.2 Å². The molecule has 0 bridgehead atoms. The van der Waals surface area contributed by atoms with Crippen molar-refractivity contribution in [3.63, 3.8) is 0 Å². The van der Waals surface area contributed by atoms with E-state index in [2.05, 4.69) is 29.2 Å². The number of esters is 1. The van der Waals surface area contributed by atoms with Crippen molar-refractivity contribution < 1.29 is 14.3 Å². The third kappa shape index (κ3) is 5.86. The number of hydrogen-bond acceptors (Lipinski definition) is 4. The van der Waals surface area contributed by atoms with Gasteiger partial charge in [0.25, 0.3) is 0 Å². The van der Waals surface area contributed by atoms with Crippen LogP contribution < -0.4 is 4.90 Å². The van der Waals surface area contributed by atoms with Gasteiger partial charge in [0.2, 0.25) is 5.91 Å². The maximum atomic E-state index is 13.2. The van der Waals surface area contributed by atoms with Crippen molar-refractivity contribution in [2.45, 2.75) is 44.6 Å². The Morgan fingerprint density at radius 2 is 1.58 bits per heavy atom. The summed E-state index contributed by atoms with van der Waals surface area (Å²) in [6.45, 7) is 4.43. The van der Waals surface area contributed by atoms with Crippen molar-refractivity contribution in [1.82, 2.24) is 4.90 Å². The molecular weight excluding hydrogens is 412 g/mol. The Kier molecular flexibility index (Phi) is 9.53. The Hall–Kier alpha value is -2.37. The van der Waals surface area contributed by atoms with Crippen LogP contribution in [0, 0.1) is 0 Å². The average Bonchev–Trinajstić information content (AvgIpc) is 2.79. The van der Waals surface area contributed by atoms with Crippen LogP contribution in [0.4, 0.5) is 5.69 Å². The van der Waals surface area contributed by atoms with Crippen LogP contribution in [0.1, 0.15) is 38.2 Å². The number of likely N-dealkylation sites (tertiary alicyclic amines) is 1. The van der Waals surface area contributed by atoms with Crippen LogP contribution in [0.5, 0.6) is 0 Å². The van der Waals surface area contributed by atoms with Gasteiger partial charge in [-0.05, 0) is 43.4 Å². The van der Waals surface area contributed by atoms with Crippen LogP contribution in [-0.4, -0.2) is 49.1 Å². The number of rotatable bonds is 8. The molecule has 1 saturated heterocycles. The molecule has 0 aromatic heterocycles. The van der Waals surface area contributed by atoms with E-state index in [-0.39, 0.29) is 24.3 Å². The van der Waals surface area contributed by atoms with Gasteiger partial charge in [-0.2, -0.15) is 0 Å². The molecule has 5 nitrogen and oxygen atoms in total. The molecule has 1 heterocycles. The van der Waals surface area contributed by atoms with Crippen LogP contribution >= 0.6 is 12.4 Å². The second-order valence-electron chi connectivity index (χ2n) is 7.92. The number of para-hydroxylation sites is 1. The SMILES string of the molecule is CCCC(=O)N(c1ccccc1)C1(C(=O)OC)CCN(CCc2ccccc2)CC1.Cl. The Morgan fingerprint density at radius 1 is 1.00 bits per heavy atom. The normalized spacial score (nSPS) is 15.5. The molecule has 1 aliphatic rings. The van der Waals surface area contributed by atoms with Crippen LogP contribution in [0.2, 0.25) is 0 Å². The van der Waals surface area contributed by atoms with Gasteiger partial charge in [-0.1, -0.05) is 55.5 Å². The average molecular weight is 445 g/mol. The fourth-order valence-electron chi connectivity index (χ4n) is 4.32. The number of halogens is 1. The van der Waals surface area contributed by atoms with Crippen molar-refractivity contribution in [3.8, 4) is 0 Å². The number of hydrogen-bond donors (Lipinski definition) is 0. The van der Waals surface area contributed by atoms with E-state index < -0.39 is 5.54 Å². The van der Waals surface area contributed by atoms with Gasteiger partial charge in [0.05, 0.1) is 7.11 Å². The lowest BCUT2D eigenvalue weighted by molar-refractivity contribution is -0.151. The Balaban J connectivity index is 0.00000341. The number of ether oxygens (including phenoxy) is 1. The van der Waals surface area contributed by atoms with E-state index in [1.807, 2.05) is 43.3 Å². The molecule has 0 spiro atoms. The van der Waals surface area contributed by atoms with Crippen molar-refractivity contribution in [2.75, 3.05) is 31.6 Å². The smallest absolute Gasteiger partial charge is 0.332 e. The summed E-state index contributed by atoms with van der Waals surface area (Å²) in [4.78, 5) is 30.3. The molecule has 0 aliphatic carbocycles. The molecule has 0 radical (unpaired) electrons. The molecule has 1 fully saturated rings. The summed E-state index contributed by atoms with van der Waals surface area (Å²) in [5.41, 5.74) is 1.12. The zero-order valence-electron chi connectivity index (χ0n) is 18.5. The zero-order valence-corrected chi connectivity index (χ0v) is 19.3. The summed E-state index contributed by atoms with van der Waals surface area (Å²) in [6, 6.07) is 20.0. The van der Waals surface area contributed by atoms with E-state index in [1.165, 1.54) is 12.7 Å². The number of piperidine rings is 1. The minimum Gasteiger partial charge on any atom is -0.467 e. The fraction of sp³-hybridized carbons (Fsp3) is 0.440. The number of methoxy groups -OCH3 is 1. The van der Waals surface area contributed by atoms with Crippen LogP contribution in [0.25, 0.3) is 0 Å². The van der Waals surface area contributed by atoms with E-state index in [0.717, 1.165) is 38.2 Å². The van der Waals surface area contributed by atoms with E-state index >= 15 is 0 Å². The Bertz CT molecular complexity index is 821. The highest BCUT2D eigenvalue weighted by atomic mass is 35.5. The van der Waals surface area contributed by atoms with Gasteiger partial charge in [0.1, 0.15) is 5.54 Å². The minimum absolute atomic E-state index is 0. The predicted molar refractivity (Wildman–Crippen MR) is 127 cm³/mol. The number of nitrogens with zero attached hydrogens (tertiary/aromatic N) is 2. The standard InChI is InChI=1S/C25H32N2O3.ClH/c1-3-10-23(28)27(22-13-8-5-9-14-22)25(24(29)30-2)16-19-26(20-17-25)18-15-21-11-6-4-7-12-21;/h4-9,11-14H,3,10,15-20H2,1-2H3;1H. The molecule has 3 rings (SSSR count). The van der Waals surface area contributed by atoms with Gasteiger partial charge < -0.3 is 9.64 Å². The lowest BCUT2D eigenvalue weighted by Crippen LogP contribution is -2.62. The summed E-state index contributed by atoms with van der Waals surface area (Å²) >= 11 is 0. The third-order valence-corrected chi connectivity index (χ3v) is 5.96. The number of carbonyl (C=O) groups excluding carboxylic acids is 2. The lowest BCUT2D eigenvalue weighted by Gasteiger charge is -2.46. The van der Waals surface area contributed by atoms with Crippen molar-refractivity contribution in [1.29, 1.82) is 0 Å². The zero-order chi connectivity index (χ0) is 21.4. The molecule has 6 heteroatoms. The third-order valence-electron chi connectivity index (χ3n) is 5.96. The van der Waals surface area contributed by atoms with E-state index in [0.29, 0.717) is 19.3 Å². The number of carbonyl (C=O) groups is 2. The van der Waals surface area contributed by atoms with Crippen LogP contribution in [0.15, 0.2) is 60.7 Å². The first kappa shape index (κ1) is 24.9. The van der Waals surface area contributed by atoms with E-state index in [4.69, 9.17) is 4.74 Å². The second-order valence-corrected chi connectivity index (χ2v) is 7.92. The highest BCUT2D eigenvalue weighted by Crippen LogP contribution is 2.35. The Labute approximate surface area is 191 Å². The largest absolute Gasteiger partial charge is 0.467 e. The van der Waals surface area contributed by atoms with E-state index in [9.17, 15) is 9.59 Å². The van der Waals surface area contributed by atoms with Crippen molar-refractivity contribution >= 4 is 30.0 Å². The molecule has 1 aliphatic heterocycles. The lowest BCUT2D eigenvalue weighted by atomic mass is 9.84. The topological polar surface area (TPSA) is 49.9 Å². The van der Waals surface area contributed by atoms with Crippen molar-refractivity contribution in [2.24, 2.45) is 0 Å². The highest BCUT2D eigenvalue weighted by molar-refractivity contribution is 6.02. The molecule has 0 atom stereocenters. The van der Waals surface area contributed by atoms with Gasteiger partial charge >= 0.3 is 5.97 Å². The van der Waals surface area contributed by atoms with Gasteiger partial charge in [0.15, 0.2) is 0 Å². The second kappa shape index (κ2) is 11.9. The maximum absolute atomic E-state index is 13.2. The number of anilines is 1. The molecule has 31 heavy (non-hydrogen) atoms. The summed E-state index contributed by atoms with van der Waals surface area (Å²) in [5.74, 6) is -0.342. The minimum atomic E-state index is -0.953. The van der Waals surface area contributed by atoms with Crippen LogP contribution in [-0.2, 0) is 20.7 Å². The quantitative estimate of drug-likeness (QED) is 0.563. The summed E-state index contributed by atoms with van der Waals surface area (Å²) < 4.78 is 5.24. The molecule has 0 N–H and O–H groups in total. The molecule has 168 valence electrons. The summed E-state index contributed by atoms with van der Waals surface area (Å²) in [6.07, 6.45) is 3.26. The molecular formula is C25H33ClN2O3. The summed E-state index contributed by atoms with van der Waals surface area (Å²) in [7, 11) is 1.42. The molecule has 1 amide bonds. The van der Waals surface area contributed by atoms with E-state index in [1.54, 1.807) is 4.90 Å². The first-order chi connectivity index (χ1) is 14.6. The highest BCUT2D eigenvalue weighted by Gasteiger charge is 2.49. The first-order valence-electron chi connectivity index (χ1n) is 10.8. The Morgan fingerprint density at radius 3 is 2.13 bits per heavy atom. The van der Waals surface area contributed by atoms with Gasteiger partial charge in [-0.25, -0.2) is 4.79 Å². The van der Waals surface area contributed by atoms with Gasteiger partial charge in [-0.15, -0.1) is 12.4 Å². The maximum Gasteiger partial charge on any atom is 0.332 e. The fourth-order valence-corrected chi connectivity index (χ4v) is 4.32. The summed E-state index contributed by atoms with van der Waals surface area (Å²) in [5, 5.41) is 0. The molecule has 0 saturated carbocycles. The predicted octanol–water partition coefficient (Wildman–Crippen LogP) is 4.49. The number of amides is 1. The van der Waals surface area contributed by atoms with Gasteiger partial charge in [0, 0.05) is 31.7 Å². The van der Waals surface area contributed by atoms with Crippen LogP contribution in [0.3, 0.4) is 0 Å². The molecule has 2 aromatic carbocycles. The number of benzene rings is 2. The first-order valence-corrected chi connectivity index (χ1v) is 10.8. The monoisotopic (exact) mass is 444 g/mol. The molecule has 2 aromatic rings. The molecule has 0 unspecified atom stereocenters.